The van der Waals surface area contributed by atoms with E-state index in [9.17, 15) is 14.6 Å². The molecule has 0 spiro atoms. The monoisotopic (exact) mass is 231 g/mol. The Labute approximate surface area is 93.1 Å². The Morgan fingerprint density at radius 2 is 2.07 bits per heavy atom. The van der Waals surface area contributed by atoms with Gasteiger partial charge in [-0.15, -0.1) is 0 Å². The van der Waals surface area contributed by atoms with Crippen molar-refractivity contribution in [3.8, 4) is 0 Å². The van der Waals surface area contributed by atoms with E-state index in [0.29, 0.717) is 11.1 Å². The third-order valence-corrected chi connectivity index (χ3v) is 2.56. The van der Waals surface area contributed by atoms with Gasteiger partial charge in [-0.1, -0.05) is 12.1 Å². The predicted molar refractivity (Wildman–Crippen MR) is 59.1 cm³/mol. The molecule has 5 heteroatoms. The zero-order valence-corrected chi connectivity index (χ0v) is 8.99. The van der Waals surface area contributed by atoms with Crippen LogP contribution in [-0.4, -0.2) is 22.1 Å². The van der Waals surface area contributed by atoms with Crippen molar-refractivity contribution in [1.29, 1.82) is 0 Å². The molecule has 0 amide bonds. The minimum Gasteiger partial charge on any atom is -0.389 e. The molecule has 1 aromatic rings. The molecule has 0 bridgehead atoms. The van der Waals surface area contributed by atoms with Crippen molar-refractivity contribution in [3.63, 3.8) is 0 Å². The maximum absolute atomic E-state index is 13.3. The molecule has 2 atom stereocenters. The topological polar surface area (TPSA) is 66.5 Å². The largest absolute Gasteiger partial charge is 0.389 e. The number of nitrogens with two attached hydrogens (primary N) is 1. The van der Waals surface area contributed by atoms with Crippen molar-refractivity contribution in [2.45, 2.75) is 18.8 Å². The van der Waals surface area contributed by atoms with E-state index in [1.165, 1.54) is 12.1 Å². The molecule has 3 nitrogen and oxygen atoms in total. The van der Waals surface area contributed by atoms with Gasteiger partial charge < -0.3 is 15.9 Å². The fourth-order valence-corrected chi connectivity index (χ4v) is 1.43. The summed E-state index contributed by atoms with van der Waals surface area (Å²) < 4.78 is 13.3. The first kappa shape index (κ1) is 12.4. The van der Waals surface area contributed by atoms with Crippen LogP contribution in [0.15, 0.2) is 18.2 Å². The molecule has 0 heterocycles. The highest BCUT2D eigenvalue weighted by atomic mass is 32.1. The second-order valence-electron chi connectivity index (χ2n) is 3.25. The average Bonchev–Trinajstić information content (AvgIpc) is 2.26. The minimum atomic E-state index is -1.12. The van der Waals surface area contributed by atoms with Crippen molar-refractivity contribution >= 4 is 12.6 Å². The summed E-state index contributed by atoms with van der Waals surface area (Å²) in [7, 11) is 0. The summed E-state index contributed by atoms with van der Waals surface area (Å²) in [6.07, 6.45) is -2.12. The van der Waals surface area contributed by atoms with E-state index in [2.05, 4.69) is 12.6 Å². The molecule has 0 radical (unpaired) electrons. The lowest BCUT2D eigenvalue weighted by molar-refractivity contribution is 0.0336. The standard InChI is InChI=1S/C10H14FNO2S/c11-8-3-6(1-2-7(8)4-12)10(14)9(13)5-15/h1-3,9-10,13-15H,4-5,12H2. The van der Waals surface area contributed by atoms with Crippen LogP contribution in [0, 0.1) is 5.82 Å². The van der Waals surface area contributed by atoms with E-state index in [1.807, 2.05) is 0 Å². The number of hydrogen-bond donors (Lipinski definition) is 4. The maximum atomic E-state index is 13.3. The molecule has 0 aromatic heterocycles. The van der Waals surface area contributed by atoms with Gasteiger partial charge in [-0.2, -0.15) is 12.6 Å². The zero-order valence-electron chi connectivity index (χ0n) is 8.10. The molecule has 0 saturated heterocycles. The highest BCUT2D eigenvalue weighted by Crippen LogP contribution is 2.20. The minimum absolute atomic E-state index is 0.108. The molecule has 84 valence electrons. The van der Waals surface area contributed by atoms with Crippen LogP contribution < -0.4 is 5.73 Å². The smallest absolute Gasteiger partial charge is 0.128 e. The second-order valence-corrected chi connectivity index (χ2v) is 3.61. The Morgan fingerprint density at radius 1 is 1.40 bits per heavy atom. The van der Waals surface area contributed by atoms with Gasteiger partial charge in [0.1, 0.15) is 11.9 Å². The number of aliphatic hydroxyl groups excluding tert-OH is 2. The first-order chi connectivity index (χ1) is 7.10. The fourth-order valence-electron chi connectivity index (χ4n) is 1.24. The molecular weight excluding hydrogens is 217 g/mol. The molecule has 0 aliphatic heterocycles. The van der Waals surface area contributed by atoms with Crippen molar-refractivity contribution in [3.05, 3.63) is 35.1 Å². The van der Waals surface area contributed by atoms with Crippen molar-refractivity contribution < 1.29 is 14.6 Å². The Morgan fingerprint density at radius 3 is 2.53 bits per heavy atom. The lowest BCUT2D eigenvalue weighted by Gasteiger charge is -2.16. The van der Waals surface area contributed by atoms with E-state index in [0.717, 1.165) is 0 Å². The quantitative estimate of drug-likeness (QED) is 0.574. The molecule has 2 unspecified atom stereocenters. The van der Waals surface area contributed by atoms with E-state index in [1.54, 1.807) is 6.07 Å². The highest BCUT2D eigenvalue weighted by molar-refractivity contribution is 7.80. The lowest BCUT2D eigenvalue weighted by Crippen LogP contribution is -2.20. The third-order valence-electron chi connectivity index (χ3n) is 2.19. The summed E-state index contributed by atoms with van der Waals surface area (Å²) in [6, 6.07) is 4.22. The Bertz CT molecular complexity index is 335. The van der Waals surface area contributed by atoms with Gasteiger partial charge >= 0.3 is 0 Å². The first-order valence-corrected chi connectivity index (χ1v) is 5.18. The van der Waals surface area contributed by atoms with Crippen LogP contribution in [0.4, 0.5) is 4.39 Å². The van der Waals surface area contributed by atoms with Crippen LogP contribution in [0.25, 0.3) is 0 Å². The van der Waals surface area contributed by atoms with Crippen LogP contribution >= 0.6 is 12.6 Å². The summed E-state index contributed by atoms with van der Waals surface area (Å²) in [5, 5.41) is 18.9. The number of benzene rings is 1. The number of aliphatic hydroxyl groups is 2. The van der Waals surface area contributed by atoms with Crippen molar-refractivity contribution in [1.82, 2.24) is 0 Å². The van der Waals surface area contributed by atoms with E-state index < -0.39 is 18.0 Å². The molecule has 0 fully saturated rings. The zero-order chi connectivity index (χ0) is 11.4. The van der Waals surface area contributed by atoms with E-state index >= 15 is 0 Å². The number of hydrogen-bond acceptors (Lipinski definition) is 4. The van der Waals surface area contributed by atoms with Gasteiger partial charge in [0.2, 0.25) is 0 Å². The number of rotatable bonds is 4. The summed E-state index contributed by atoms with van der Waals surface area (Å²) in [6.45, 7) is 0.108. The fraction of sp³-hybridized carbons (Fsp3) is 0.400. The third kappa shape index (κ3) is 2.92. The Balaban J connectivity index is 2.92. The molecule has 0 aliphatic carbocycles. The summed E-state index contributed by atoms with van der Waals surface area (Å²) in [5.41, 5.74) is 6.00. The van der Waals surface area contributed by atoms with Gasteiger partial charge in [0, 0.05) is 17.9 Å². The molecular formula is C10H14FNO2S. The molecule has 1 aromatic carbocycles. The van der Waals surface area contributed by atoms with Crippen molar-refractivity contribution in [2.24, 2.45) is 5.73 Å². The van der Waals surface area contributed by atoms with Gasteiger partial charge in [0.15, 0.2) is 0 Å². The molecule has 15 heavy (non-hydrogen) atoms. The molecule has 4 N–H and O–H groups in total. The average molecular weight is 231 g/mol. The number of halogens is 1. The number of thiol groups is 1. The second kappa shape index (κ2) is 5.46. The maximum Gasteiger partial charge on any atom is 0.128 e. The van der Waals surface area contributed by atoms with Crippen LogP contribution in [0.3, 0.4) is 0 Å². The Kier molecular flexibility index (Phi) is 4.53. The highest BCUT2D eigenvalue weighted by Gasteiger charge is 2.17. The van der Waals surface area contributed by atoms with Gasteiger partial charge in [-0.25, -0.2) is 4.39 Å². The van der Waals surface area contributed by atoms with Crippen LogP contribution in [0.5, 0.6) is 0 Å². The van der Waals surface area contributed by atoms with E-state index in [-0.39, 0.29) is 12.3 Å². The lowest BCUT2D eigenvalue weighted by atomic mass is 10.0. The molecule has 1 rings (SSSR count). The predicted octanol–water partition coefficient (Wildman–Crippen LogP) is 0.609. The van der Waals surface area contributed by atoms with Crippen LogP contribution in [-0.2, 0) is 6.54 Å². The van der Waals surface area contributed by atoms with Gasteiger partial charge in [-0.05, 0) is 11.6 Å². The van der Waals surface area contributed by atoms with Crippen LogP contribution in [0.1, 0.15) is 17.2 Å². The first-order valence-electron chi connectivity index (χ1n) is 4.55. The van der Waals surface area contributed by atoms with Crippen LogP contribution in [0.2, 0.25) is 0 Å². The van der Waals surface area contributed by atoms with Gasteiger partial charge in [0.25, 0.3) is 0 Å². The summed E-state index contributed by atoms with van der Waals surface area (Å²) in [5.74, 6) is -0.359. The normalized spacial score (nSPS) is 15.0. The molecule has 0 aliphatic rings. The van der Waals surface area contributed by atoms with Crippen molar-refractivity contribution in [2.75, 3.05) is 5.75 Å². The van der Waals surface area contributed by atoms with Gasteiger partial charge in [0.05, 0.1) is 6.10 Å². The Hall–Kier alpha value is -0.620. The van der Waals surface area contributed by atoms with Gasteiger partial charge in [-0.3, -0.25) is 0 Å². The van der Waals surface area contributed by atoms with E-state index in [4.69, 9.17) is 5.73 Å². The molecule has 0 saturated carbocycles. The summed E-state index contributed by atoms with van der Waals surface area (Å²) >= 11 is 3.85. The summed E-state index contributed by atoms with van der Waals surface area (Å²) in [4.78, 5) is 0. The SMILES string of the molecule is NCc1ccc(C(O)C(O)CS)cc1F.